The van der Waals surface area contributed by atoms with Crippen LogP contribution in [-0.4, -0.2) is 25.4 Å². The molecular weight excluding hydrogens is 398 g/mol. The summed E-state index contributed by atoms with van der Waals surface area (Å²) in [5, 5.41) is 12.8. The monoisotopic (exact) mass is 420 g/mol. The average Bonchev–Trinajstić information content (AvgIpc) is 3.13. The zero-order chi connectivity index (χ0) is 19.6. The minimum absolute atomic E-state index is 0. The number of halogens is 3. The summed E-state index contributed by atoms with van der Waals surface area (Å²) in [4.78, 5) is 0. The van der Waals surface area contributed by atoms with Gasteiger partial charge in [-0.2, -0.15) is 14.0 Å². The van der Waals surface area contributed by atoms with Gasteiger partial charge < -0.3 is 14.8 Å². The van der Waals surface area contributed by atoms with E-state index in [-0.39, 0.29) is 30.1 Å². The Balaban J connectivity index is 0.00000240. The van der Waals surface area contributed by atoms with Gasteiger partial charge in [-0.25, -0.2) is 0 Å². The van der Waals surface area contributed by atoms with Gasteiger partial charge in [-0.3, -0.25) is 0 Å². The van der Waals surface area contributed by atoms with E-state index < -0.39 is 12.2 Å². The van der Waals surface area contributed by atoms with Gasteiger partial charge >= 0.3 is 6.61 Å². The van der Waals surface area contributed by atoms with Crippen LogP contribution in [0.3, 0.4) is 0 Å². The number of rotatable bonds is 4. The average molecular weight is 421 g/mol. The van der Waals surface area contributed by atoms with Crippen molar-refractivity contribution in [1.82, 2.24) is 5.32 Å². The van der Waals surface area contributed by atoms with E-state index in [2.05, 4.69) is 23.5 Å². The molecule has 0 saturated carbocycles. The third kappa shape index (κ3) is 4.37. The lowest BCUT2D eigenvalue weighted by Crippen LogP contribution is -2.48. The van der Waals surface area contributed by atoms with Gasteiger partial charge in [0, 0.05) is 11.5 Å². The smallest absolute Gasteiger partial charge is 0.387 e. The van der Waals surface area contributed by atoms with Crippen molar-refractivity contribution in [3.63, 3.8) is 0 Å². The van der Waals surface area contributed by atoms with E-state index in [4.69, 9.17) is 9.47 Å². The van der Waals surface area contributed by atoms with Crippen LogP contribution in [0.4, 0.5) is 8.78 Å². The molecule has 4 rings (SSSR count). The highest BCUT2D eigenvalue weighted by atomic mass is 35.5. The van der Waals surface area contributed by atoms with Crippen LogP contribution in [0.2, 0.25) is 0 Å². The molecule has 2 fully saturated rings. The van der Waals surface area contributed by atoms with E-state index >= 15 is 0 Å². The Morgan fingerprint density at radius 3 is 2.72 bits per heavy atom. The lowest BCUT2D eigenvalue weighted by molar-refractivity contribution is -0.0512. The minimum Gasteiger partial charge on any atom is -0.435 e. The Bertz CT molecular complexity index is 875. The maximum absolute atomic E-state index is 12.9. The Labute approximate surface area is 175 Å². The van der Waals surface area contributed by atoms with Crippen molar-refractivity contribution in [2.45, 2.75) is 43.4 Å². The molecule has 2 aliphatic heterocycles. The standard InChI is InChI=1S/C22H22F2N2O2.ClH/c23-21(24)28-19-8-7-15(13-25)11-18(19)17-12-22(27-14-17)9-4-10-26-20(22)16-5-2-1-3-6-16;/h1-3,5-8,11,17,20-21,26H,4,9-10,12,14H2;1H/t17-,20+,22-;/m1./s1. The van der Waals surface area contributed by atoms with Gasteiger partial charge in [-0.1, -0.05) is 30.3 Å². The molecule has 0 bridgehead atoms. The maximum Gasteiger partial charge on any atom is 0.387 e. The van der Waals surface area contributed by atoms with Crippen molar-refractivity contribution < 1.29 is 18.3 Å². The van der Waals surface area contributed by atoms with Gasteiger partial charge in [-0.05, 0) is 49.6 Å². The zero-order valence-corrected chi connectivity index (χ0v) is 16.6. The molecule has 1 spiro atoms. The normalized spacial score (nSPS) is 26.1. The molecule has 0 aromatic heterocycles. The van der Waals surface area contributed by atoms with E-state index in [9.17, 15) is 14.0 Å². The minimum atomic E-state index is -2.91. The van der Waals surface area contributed by atoms with Crippen LogP contribution in [0.5, 0.6) is 5.75 Å². The highest BCUT2D eigenvalue weighted by Crippen LogP contribution is 2.49. The van der Waals surface area contributed by atoms with Crippen molar-refractivity contribution in [1.29, 1.82) is 5.26 Å². The number of nitrogens with one attached hydrogen (secondary N) is 1. The van der Waals surface area contributed by atoms with Crippen molar-refractivity contribution in [2.75, 3.05) is 13.2 Å². The first-order valence-corrected chi connectivity index (χ1v) is 9.52. The maximum atomic E-state index is 12.9. The fraction of sp³-hybridized carbons (Fsp3) is 0.409. The second-order valence-corrected chi connectivity index (χ2v) is 7.42. The molecular formula is C22H23ClF2N2O2. The third-order valence-corrected chi connectivity index (χ3v) is 5.74. The summed E-state index contributed by atoms with van der Waals surface area (Å²) >= 11 is 0. The van der Waals surface area contributed by atoms with E-state index in [0.29, 0.717) is 24.2 Å². The van der Waals surface area contributed by atoms with Crippen LogP contribution < -0.4 is 10.1 Å². The number of nitriles is 1. The molecule has 2 aromatic carbocycles. The predicted octanol–water partition coefficient (Wildman–Crippen LogP) is 4.95. The summed E-state index contributed by atoms with van der Waals surface area (Å²) in [6.45, 7) is -1.57. The lowest BCUT2D eigenvalue weighted by Gasteiger charge is -2.41. The fourth-order valence-corrected chi connectivity index (χ4v) is 4.55. The van der Waals surface area contributed by atoms with Gasteiger partial charge in [0.15, 0.2) is 0 Å². The summed E-state index contributed by atoms with van der Waals surface area (Å²) in [5.41, 5.74) is 1.82. The molecule has 2 aromatic rings. The lowest BCUT2D eigenvalue weighted by atomic mass is 9.76. The van der Waals surface area contributed by atoms with Crippen LogP contribution in [0, 0.1) is 11.3 Å². The summed E-state index contributed by atoms with van der Waals surface area (Å²) in [5.74, 6) is 0.0211. The Hall–Kier alpha value is -2.20. The molecule has 154 valence electrons. The fourth-order valence-electron chi connectivity index (χ4n) is 4.55. The number of hydrogen-bond donors (Lipinski definition) is 1. The molecule has 0 unspecified atom stereocenters. The Morgan fingerprint density at radius 2 is 2.00 bits per heavy atom. The van der Waals surface area contributed by atoms with E-state index in [0.717, 1.165) is 24.9 Å². The number of ether oxygens (including phenoxy) is 2. The van der Waals surface area contributed by atoms with E-state index in [1.165, 1.54) is 12.1 Å². The third-order valence-electron chi connectivity index (χ3n) is 5.74. The van der Waals surface area contributed by atoms with Gasteiger partial charge in [0.1, 0.15) is 5.75 Å². The quantitative estimate of drug-likeness (QED) is 0.760. The van der Waals surface area contributed by atoms with Crippen LogP contribution in [0.25, 0.3) is 0 Å². The van der Waals surface area contributed by atoms with E-state index in [1.54, 1.807) is 6.07 Å². The molecule has 2 heterocycles. The number of benzene rings is 2. The van der Waals surface area contributed by atoms with Gasteiger partial charge in [0.25, 0.3) is 0 Å². The first-order chi connectivity index (χ1) is 13.6. The van der Waals surface area contributed by atoms with Crippen molar-refractivity contribution >= 4 is 12.4 Å². The first kappa shape index (κ1) is 21.5. The largest absolute Gasteiger partial charge is 0.435 e. The highest BCUT2D eigenvalue weighted by molar-refractivity contribution is 5.85. The van der Waals surface area contributed by atoms with Crippen molar-refractivity contribution in [3.05, 3.63) is 65.2 Å². The summed E-state index contributed by atoms with van der Waals surface area (Å²) in [6.07, 6.45) is 2.59. The van der Waals surface area contributed by atoms with Crippen LogP contribution >= 0.6 is 12.4 Å². The second kappa shape index (κ2) is 9.08. The second-order valence-electron chi connectivity index (χ2n) is 7.42. The summed E-state index contributed by atoms with van der Waals surface area (Å²) in [6, 6.07) is 16.9. The molecule has 0 amide bonds. The molecule has 29 heavy (non-hydrogen) atoms. The van der Waals surface area contributed by atoms with Crippen LogP contribution in [0.15, 0.2) is 48.5 Å². The van der Waals surface area contributed by atoms with Gasteiger partial charge in [0.2, 0.25) is 0 Å². The Kier molecular flexibility index (Phi) is 6.74. The first-order valence-electron chi connectivity index (χ1n) is 9.52. The number of nitrogens with zero attached hydrogens (tertiary/aromatic N) is 1. The van der Waals surface area contributed by atoms with Crippen molar-refractivity contribution in [2.24, 2.45) is 0 Å². The highest BCUT2D eigenvalue weighted by Gasteiger charge is 2.49. The number of hydrogen-bond acceptors (Lipinski definition) is 4. The molecule has 1 N–H and O–H groups in total. The summed E-state index contributed by atoms with van der Waals surface area (Å²) < 4.78 is 36.8. The topological polar surface area (TPSA) is 54.3 Å². The Morgan fingerprint density at radius 1 is 1.21 bits per heavy atom. The van der Waals surface area contributed by atoms with Gasteiger partial charge in [0.05, 0.1) is 29.9 Å². The van der Waals surface area contributed by atoms with E-state index in [1.807, 2.05) is 18.2 Å². The molecule has 4 nitrogen and oxygen atoms in total. The molecule has 0 aliphatic carbocycles. The van der Waals surface area contributed by atoms with Gasteiger partial charge in [-0.15, -0.1) is 12.4 Å². The molecule has 2 aliphatic rings. The molecule has 7 heteroatoms. The molecule has 0 radical (unpaired) electrons. The van der Waals surface area contributed by atoms with Crippen LogP contribution in [0.1, 0.15) is 47.9 Å². The summed E-state index contributed by atoms with van der Waals surface area (Å²) in [7, 11) is 0. The van der Waals surface area contributed by atoms with Crippen molar-refractivity contribution in [3.8, 4) is 11.8 Å². The molecule has 3 atom stereocenters. The SMILES string of the molecule is Cl.N#Cc1ccc(OC(F)F)c([C@H]2CO[C@]3(CCCN[C@H]3c3ccccc3)C2)c1. The zero-order valence-electron chi connectivity index (χ0n) is 15.8. The molecule has 2 saturated heterocycles. The number of alkyl halides is 2. The number of piperidine rings is 1. The predicted molar refractivity (Wildman–Crippen MR) is 107 cm³/mol. The van der Waals surface area contributed by atoms with Crippen LogP contribution in [-0.2, 0) is 4.74 Å².